The van der Waals surface area contributed by atoms with E-state index in [-0.39, 0.29) is 22.8 Å². The van der Waals surface area contributed by atoms with Crippen molar-refractivity contribution in [1.82, 2.24) is 4.57 Å². The molecule has 0 atom stereocenters. The van der Waals surface area contributed by atoms with E-state index in [9.17, 15) is 39.9 Å². The van der Waals surface area contributed by atoms with E-state index in [1.165, 1.54) is 0 Å². The van der Waals surface area contributed by atoms with Crippen molar-refractivity contribution in [3.8, 4) is 5.69 Å². The van der Waals surface area contributed by atoms with E-state index in [0.29, 0.717) is 6.20 Å². The van der Waals surface area contributed by atoms with Crippen molar-refractivity contribution in [2.24, 2.45) is 0 Å². The number of hydrogen-bond donors (Lipinski definition) is 0. The fourth-order valence-electron chi connectivity index (χ4n) is 1.86. The Hall–Kier alpha value is -1.91. The lowest BCUT2D eigenvalue weighted by Gasteiger charge is -2.14. The molecule has 0 amide bonds. The van der Waals surface area contributed by atoms with Crippen molar-refractivity contribution in [2.45, 2.75) is 12.4 Å². The highest BCUT2D eigenvalue weighted by molar-refractivity contribution is 9.10. The second-order valence-corrected chi connectivity index (χ2v) is 5.38. The lowest BCUT2D eigenvalue weighted by molar-refractivity contribution is -0.139. The first kappa shape index (κ1) is 18.4. The molecule has 0 saturated carbocycles. The van der Waals surface area contributed by atoms with Crippen LogP contribution < -0.4 is 5.56 Å². The average Bonchev–Trinajstić information content (AvgIpc) is 2.39. The minimum absolute atomic E-state index is 0.0591. The Morgan fingerprint density at radius 3 is 1.79 bits per heavy atom. The Balaban J connectivity index is 2.70. The summed E-state index contributed by atoms with van der Waals surface area (Å²) < 4.78 is 102. The molecular formula is C13H4BrF8NO. The second kappa shape index (κ2) is 5.87. The van der Waals surface area contributed by atoms with Crippen molar-refractivity contribution in [2.75, 3.05) is 0 Å². The predicted molar refractivity (Wildman–Crippen MR) is 69.7 cm³/mol. The zero-order valence-electron chi connectivity index (χ0n) is 11.1. The molecule has 0 radical (unpaired) electrons. The average molecular weight is 422 g/mol. The van der Waals surface area contributed by atoms with Crippen LogP contribution in [0.15, 0.2) is 33.7 Å². The highest BCUT2D eigenvalue weighted by Crippen LogP contribution is 2.35. The Labute approximate surface area is 136 Å². The Morgan fingerprint density at radius 2 is 1.38 bits per heavy atom. The molecule has 1 heterocycles. The number of pyridine rings is 1. The maximum absolute atomic E-state index is 13.8. The first-order valence-corrected chi connectivity index (χ1v) is 6.67. The minimum atomic E-state index is -5.04. The van der Waals surface area contributed by atoms with E-state index in [0.717, 1.165) is 0 Å². The second-order valence-electron chi connectivity index (χ2n) is 4.53. The van der Waals surface area contributed by atoms with Gasteiger partial charge in [-0.2, -0.15) is 26.3 Å². The number of benzene rings is 1. The normalized spacial score (nSPS) is 12.5. The third-order valence-electron chi connectivity index (χ3n) is 2.90. The maximum atomic E-state index is 13.8. The third-order valence-corrected chi connectivity index (χ3v) is 3.53. The molecule has 1 aromatic carbocycles. The molecule has 0 unspecified atom stereocenters. The molecule has 0 fully saturated rings. The summed E-state index contributed by atoms with van der Waals surface area (Å²) in [6.07, 6.45) is -9.51. The highest BCUT2D eigenvalue weighted by atomic mass is 79.9. The molecule has 1 aromatic heterocycles. The van der Waals surface area contributed by atoms with Crippen molar-refractivity contribution >= 4 is 15.9 Å². The van der Waals surface area contributed by atoms with Gasteiger partial charge in [0.1, 0.15) is 5.69 Å². The van der Waals surface area contributed by atoms with E-state index < -0.39 is 50.8 Å². The van der Waals surface area contributed by atoms with E-state index in [1.54, 1.807) is 0 Å². The van der Waals surface area contributed by atoms with E-state index in [4.69, 9.17) is 0 Å². The van der Waals surface area contributed by atoms with Crippen molar-refractivity contribution in [1.29, 1.82) is 0 Å². The molecule has 0 aliphatic heterocycles. The Morgan fingerprint density at radius 1 is 0.875 bits per heavy atom. The van der Waals surface area contributed by atoms with E-state index >= 15 is 0 Å². The van der Waals surface area contributed by atoms with Gasteiger partial charge in [-0.1, -0.05) is 0 Å². The standard InChI is InChI=1S/C13H4BrF8NO/c14-7-4-23(10(24)3-6(7)13(20,21)22)11-8(15)1-5(2-9(11)16)12(17,18)19/h1-4H. The summed E-state index contributed by atoms with van der Waals surface area (Å²) in [5, 5.41) is 0. The van der Waals surface area contributed by atoms with Gasteiger partial charge in [-0.05, 0) is 28.1 Å². The van der Waals surface area contributed by atoms with Gasteiger partial charge in [0.25, 0.3) is 5.56 Å². The highest BCUT2D eigenvalue weighted by Gasteiger charge is 2.35. The van der Waals surface area contributed by atoms with Crippen molar-refractivity contribution in [3.05, 3.63) is 62.0 Å². The monoisotopic (exact) mass is 421 g/mol. The van der Waals surface area contributed by atoms with Crippen LogP contribution in [-0.4, -0.2) is 4.57 Å². The van der Waals surface area contributed by atoms with Gasteiger partial charge in [0.2, 0.25) is 0 Å². The van der Waals surface area contributed by atoms with Gasteiger partial charge in [0.05, 0.1) is 11.1 Å². The first-order valence-electron chi connectivity index (χ1n) is 5.88. The summed E-state index contributed by atoms with van der Waals surface area (Å²) in [6, 6.07) is -0.0481. The molecular weight excluding hydrogens is 418 g/mol. The van der Waals surface area contributed by atoms with Gasteiger partial charge in [-0.3, -0.25) is 9.36 Å². The summed E-state index contributed by atoms with van der Waals surface area (Å²) in [7, 11) is 0. The SMILES string of the molecule is O=c1cc(C(F)(F)F)c(Br)cn1-c1c(F)cc(C(F)(F)F)cc1F. The van der Waals surface area contributed by atoms with Crippen LogP contribution in [0.5, 0.6) is 0 Å². The van der Waals surface area contributed by atoms with Gasteiger partial charge in [0, 0.05) is 16.7 Å². The van der Waals surface area contributed by atoms with Crippen molar-refractivity contribution < 1.29 is 35.1 Å². The van der Waals surface area contributed by atoms with Gasteiger partial charge < -0.3 is 0 Å². The number of hydrogen-bond acceptors (Lipinski definition) is 1. The summed E-state index contributed by atoms with van der Waals surface area (Å²) >= 11 is 2.51. The Bertz CT molecular complexity index is 830. The molecule has 24 heavy (non-hydrogen) atoms. The van der Waals surface area contributed by atoms with Crippen LogP contribution in [-0.2, 0) is 12.4 Å². The molecule has 2 rings (SSSR count). The third kappa shape index (κ3) is 3.45. The molecule has 0 saturated heterocycles. The van der Waals surface area contributed by atoms with Crippen molar-refractivity contribution in [3.63, 3.8) is 0 Å². The van der Waals surface area contributed by atoms with Crippen LogP contribution in [0.1, 0.15) is 11.1 Å². The summed E-state index contributed by atoms with van der Waals surface area (Å²) in [5.74, 6) is -3.51. The zero-order valence-corrected chi connectivity index (χ0v) is 12.7. The fraction of sp³-hybridized carbons (Fsp3) is 0.154. The molecule has 11 heteroatoms. The van der Waals surface area contributed by atoms with Crippen LogP contribution >= 0.6 is 15.9 Å². The van der Waals surface area contributed by atoms with Crippen LogP contribution in [0.2, 0.25) is 0 Å². The van der Waals surface area contributed by atoms with Gasteiger partial charge in [-0.15, -0.1) is 0 Å². The number of nitrogens with zero attached hydrogens (tertiary/aromatic N) is 1. The number of aromatic nitrogens is 1. The smallest absolute Gasteiger partial charge is 0.277 e. The lowest BCUT2D eigenvalue weighted by atomic mass is 10.1. The van der Waals surface area contributed by atoms with E-state index in [2.05, 4.69) is 15.9 Å². The van der Waals surface area contributed by atoms with Crippen LogP contribution in [0.25, 0.3) is 5.69 Å². The lowest BCUT2D eigenvalue weighted by Crippen LogP contribution is -2.23. The Kier molecular flexibility index (Phi) is 4.51. The first-order chi connectivity index (χ1) is 10.8. The van der Waals surface area contributed by atoms with Crippen LogP contribution in [0.4, 0.5) is 35.1 Å². The maximum Gasteiger partial charge on any atom is 0.417 e. The van der Waals surface area contributed by atoms with Gasteiger partial charge in [0.15, 0.2) is 11.6 Å². The molecule has 2 nitrogen and oxygen atoms in total. The topological polar surface area (TPSA) is 22.0 Å². The van der Waals surface area contributed by atoms with E-state index in [1.807, 2.05) is 0 Å². The summed E-state index contributed by atoms with van der Waals surface area (Å²) in [4.78, 5) is 11.7. The molecule has 0 N–H and O–H groups in total. The van der Waals surface area contributed by atoms with Crippen LogP contribution in [0, 0.1) is 11.6 Å². The summed E-state index contributed by atoms with van der Waals surface area (Å²) in [5.41, 5.74) is -5.72. The largest absolute Gasteiger partial charge is 0.417 e. The molecule has 0 aliphatic carbocycles. The summed E-state index contributed by atoms with van der Waals surface area (Å²) in [6.45, 7) is 0. The molecule has 130 valence electrons. The number of halogens is 9. The number of alkyl halides is 6. The molecule has 0 spiro atoms. The molecule has 0 bridgehead atoms. The predicted octanol–water partition coefficient (Wildman–Crippen LogP) is 4.92. The number of rotatable bonds is 1. The fourth-order valence-corrected chi connectivity index (χ4v) is 2.40. The quantitative estimate of drug-likeness (QED) is 0.599. The molecule has 2 aromatic rings. The van der Waals surface area contributed by atoms with Gasteiger partial charge in [-0.25, -0.2) is 8.78 Å². The molecule has 0 aliphatic rings. The van der Waals surface area contributed by atoms with Gasteiger partial charge >= 0.3 is 12.4 Å². The zero-order chi connectivity index (χ0) is 18.4. The van der Waals surface area contributed by atoms with Crippen LogP contribution in [0.3, 0.4) is 0 Å². The minimum Gasteiger partial charge on any atom is -0.277 e.